The minimum atomic E-state index is -0.760. The molecule has 4 fully saturated rings. The summed E-state index contributed by atoms with van der Waals surface area (Å²) in [5.41, 5.74) is 1.67. The van der Waals surface area contributed by atoms with Crippen molar-refractivity contribution in [3.63, 3.8) is 0 Å². The molecule has 1 saturated carbocycles. The van der Waals surface area contributed by atoms with E-state index in [-0.39, 0.29) is 40.1 Å². The van der Waals surface area contributed by atoms with E-state index in [0.717, 1.165) is 62.9 Å². The van der Waals surface area contributed by atoms with E-state index in [1.54, 1.807) is 16.3 Å². The van der Waals surface area contributed by atoms with Crippen LogP contribution >= 0.6 is 23.4 Å². The van der Waals surface area contributed by atoms with Crippen molar-refractivity contribution in [2.75, 3.05) is 25.4 Å². The second-order valence-corrected chi connectivity index (χ2v) is 14.3. The Morgan fingerprint density at radius 3 is 2.88 bits per heavy atom. The number of likely N-dealkylation sites (tertiary alicyclic amines) is 1. The molecule has 4 heterocycles. The third-order valence-electron chi connectivity index (χ3n) is 10.1. The summed E-state index contributed by atoms with van der Waals surface area (Å²) in [7, 11) is 0. The summed E-state index contributed by atoms with van der Waals surface area (Å²) in [6.45, 7) is 4.27. The third kappa shape index (κ3) is 5.58. The van der Waals surface area contributed by atoms with E-state index >= 15 is 0 Å². The lowest BCUT2D eigenvalue weighted by atomic mass is 9.68. The van der Waals surface area contributed by atoms with Crippen molar-refractivity contribution in [2.24, 2.45) is 23.7 Å². The number of hydrogen-bond donors (Lipinski definition) is 2. The number of aromatic nitrogens is 2. The number of thioether (sulfide) groups is 1. The molecule has 0 bridgehead atoms. The van der Waals surface area contributed by atoms with Crippen molar-refractivity contribution in [3.05, 3.63) is 27.4 Å². The number of halogens is 2. The molecule has 0 aromatic carbocycles. The largest absolute Gasteiger partial charge is 0.481 e. The zero-order chi connectivity index (χ0) is 28.0. The Morgan fingerprint density at radius 1 is 1.25 bits per heavy atom. The molecule has 2 aliphatic carbocycles. The van der Waals surface area contributed by atoms with Crippen molar-refractivity contribution >= 4 is 29.3 Å². The average Bonchev–Trinajstić information content (AvgIpc) is 3.57. The maximum Gasteiger partial charge on any atom is 0.308 e. The number of nitrogens with zero attached hydrogens (tertiary/aromatic N) is 3. The van der Waals surface area contributed by atoms with Crippen LogP contribution in [0.2, 0.25) is 0 Å². The van der Waals surface area contributed by atoms with Crippen molar-refractivity contribution in [1.29, 1.82) is 0 Å². The lowest BCUT2D eigenvalue weighted by molar-refractivity contribution is -0.141. The Kier molecular flexibility index (Phi) is 8.52. The fourth-order valence-corrected chi connectivity index (χ4v) is 10.2. The predicted octanol–water partition coefficient (Wildman–Crippen LogP) is 3.27. The Bertz CT molecular complexity index is 1250. The van der Waals surface area contributed by atoms with Crippen LogP contribution < -0.4 is 10.9 Å². The van der Waals surface area contributed by atoms with Gasteiger partial charge in [0.2, 0.25) is 0 Å². The number of aryl methyl sites for hydroxylation is 2. The van der Waals surface area contributed by atoms with Gasteiger partial charge < -0.3 is 10.4 Å². The molecule has 3 saturated heterocycles. The maximum atomic E-state index is 13.8. The molecule has 3 aliphatic heterocycles. The van der Waals surface area contributed by atoms with Crippen LogP contribution in [0.4, 0.5) is 4.39 Å². The van der Waals surface area contributed by atoms with Crippen LogP contribution in [0.3, 0.4) is 0 Å². The van der Waals surface area contributed by atoms with Gasteiger partial charge in [-0.3, -0.25) is 19.1 Å². The van der Waals surface area contributed by atoms with E-state index in [1.165, 1.54) is 0 Å². The Hall–Kier alpha value is -1.60. The van der Waals surface area contributed by atoms with Crippen molar-refractivity contribution < 1.29 is 14.3 Å². The molecular formula is C30H40ClFN4O3S. The van der Waals surface area contributed by atoms with Crippen LogP contribution in [0.5, 0.6) is 0 Å². The number of aliphatic carboxylic acids is 1. The molecule has 2 N–H and O–H groups in total. The van der Waals surface area contributed by atoms with Gasteiger partial charge in [-0.2, -0.15) is 11.8 Å². The molecule has 1 aromatic rings. The summed E-state index contributed by atoms with van der Waals surface area (Å²) in [5, 5.41) is 13.6. The number of carbonyl (C=O) groups is 1. The highest BCUT2D eigenvalue weighted by Crippen LogP contribution is 2.48. The number of alkyl halides is 2. The maximum absolute atomic E-state index is 13.8. The summed E-state index contributed by atoms with van der Waals surface area (Å²) in [4.78, 5) is 32.4. The van der Waals surface area contributed by atoms with Crippen LogP contribution in [-0.4, -0.2) is 79.8 Å². The average molecular weight is 591 g/mol. The monoisotopic (exact) mass is 590 g/mol. The standard InChI is InChI=1S/C30H40ClFN4O3S/c1-17-34-26-7-6-21(35-12-9-20(32)15-35)14-24(26)29(37)36(17)11-2-3-18-4-5-19(31)13-23(18)22-8-10-33-27-25(30(38)39)16-40-28(22)27/h18-23,25,27-28,33H,4-16H2,1H3,(H,38,39)/t18?,19?,20-,21-,22?,23?,25?,27?,28?/m0/s1. The number of fused-ring (bicyclic) bond motifs is 2. The smallest absolute Gasteiger partial charge is 0.308 e. The van der Waals surface area contributed by atoms with Gasteiger partial charge in [0.05, 0.1) is 18.2 Å². The topological polar surface area (TPSA) is 87.5 Å². The SMILES string of the molecule is Cc1nc2c(c(=O)n1CC#CC1CCC(Cl)CC1C1CCNC3C(C(=O)O)CSC13)C[C@@H](N1CC[C@H](F)C1)CC2. The molecular weight excluding hydrogens is 551 g/mol. The number of rotatable bonds is 4. The summed E-state index contributed by atoms with van der Waals surface area (Å²) < 4.78 is 15.5. The number of piperidine rings is 1. The first kappa shape index (κ1) is 28.5. The number of carboxylic acids is 1. The van der Waals surface area contributed by atoms with E-state index in [0.29, 0.717) is 49.3 Å². The van der Waals surface area contributed by atoms with Gasteiger partial charge in [-0.15, -0.1) is 11.6 Å². The minimum absolute atomic E-state index is 0.00164. The fraction of sp³-hybridized carbons (Fsp3) is 0.767. The van der Waals surface area contributed by atoms with E-state index < -0.39 is 12.1 Å². The zero-order valence-corrected chi connectivity index (χ0v) is 24.7. The quantitative estimate of drug-likeness (QED) is 0.411. The number of nitrogens with one attached hydrogen (secondary N) is 1. The highest BCUT2D eigenvalue weighted by Gasteiger charge is 2.50. The van der Waals surface area contributed by atoms with Gasteiger partial charge in [0, 0.05) is 53.0 Å². The van der Waals surface area contributed by atoms with Crippen LogP contribution in [0, 0.1) is 42.4 Å². The molecule has 1 aromatic heterocycles. The molecule has 0 spiro atoms. The van der Waals surface area contributed by atoms with Crippen LogP contribution in [-0.2, 0) is 24.2 Å². The van der Waals surface area contributed by atoms with Crippen molar-refractivity contribution in [2.45, 2.75) is 93.7 Å². The van der Waals surface area contributed by atoms with Gasteiger partial charge >= 0.3 is 5.97 Å². The van der Waals surface area contributed by atoms with Crippen LogP contribution in [0.15, 0.2) is 4.79 Å². The first-order valence-corrected chi connectivity index (χ1v) is 16.5. The summed E-state index contributed by atoms with van der Waals surface area (Å²) in [6, 6.07) is 0.216. The van der Waals surface area contributed by atoms with Crippen molar-refractivity contribution in [1.82, 2.24) is 19.8 Å². The lowest BCUT2D eigenvalue weighted by Gasteiger charge is -2.44. The highest BCUT2D eigenvalue weighted by molar-refractivity contribution is 8.00. The van der Waals surface area contributed by atoms with Crippen LogP contribution in [0.1, 0.15) is 55.6 Å². The Morgan fingerprint density at radius 2 is 2.10 bits per heavy atom. The molecule has 7 nitrogen and oxygen atoms in total. The second kappa shape index (κ2) is 11.9. The Labute approximate surface area is 245 Å². The van der Waals surface area contributed by atoms with E-state index in [2.05, 4.69) is 22.1 Å². The van der Waals surface area contributed by atoms with Crippen LogP contribution in [0.25, 0.3) is 0 Å². The molecule has 9 atom stereocenters. The number of hydrogen-bond acceptors (Lipinski definition) is 6. The van der Waals surface area contributed by atoms with Gasteiger partial charge in [-0.05, 0) is 76.7 Å². The van der Waals surface area contributed by atoms with Gasteiger partial charge in [-0.25, -0.2) is 9.37 Å². The van der Waals surface area contributed by atoms with E-state index in [4.69, 9.17) is 16.6 Å². The summed E-state index contributed by atoms with van der Waals surface area (Å²) >= 11 is 8.48. The Balaban J connectivity index is 1.19. The molecule has 7 unspecified atom stereocenters. The normalized spacial score (nSPS) is 37.8. The van der Waals surface area contributed by atoms with Gasteiger partial charge in [-0.1, -0.05) is 11.8 Å². The lowest BCUT2D eigenvalue weighted by Crippen LogP contribution is -2.53. The minimum Gasteiger partial charge on any atom is -0.481 e. The fourth-order valence-electron chi connectivity index (χ4n) is 8.00. The van der Waals surface area contributed by atoms with Gasteiger partial charge in [0.15, 0.2) is 0 Å². The van der Waals surface area contributed by atoms with E-state index in [9.17, 15) is 19.1 Å². The molecule has 0 radical (unpaired) electrons. The first-order valence-electron chi connectivity index (χ1n) is 15.0. The highest BCUT2D eigenvalue weighted by atomic mass is 35.5. The van der Waals surface area contributed by atoms with E-state index in [1.807, 2.05) is 6.92 Å². The number of carboxylic acid groups (broad SMARTS) is 1. The molecule has 0 amide bonds. The van der Waals surface area contributed by atoms with Gasteiger partial charge in [0.1, 0.15) is 12.0 Å². The first-order chi connectivity index (χ1) is 19.3. The second-order valence-electron chi connectivity index (χ2n) is 12.4. The third-order valence-corrected chi connectivity index (χ3v) is 12.1. The van der Waals surface area contributed by atoms with Gasteiger partial charge in [0.25, 0.3) is 5.56 Å². The molecule has 6 rings (SSSR count). The summed E-state index contributed by atoms with van der Waals surface area (Å²) in [5.74, 6) is 8.13. The molecule has 10 heteroatoms. The zero-order valence-electron chi connectivity index (χ0n) is 23.2. The molecule has 40 heavy (non-hydrogen) atoms. The molecule has 5 aliphatic rings. The molecule has 218 valence electrons. The van der Waals surface area contributed by atoms with Crippen molar-refractivity contribution in [3.8, 4) is 11.8 Å². The predicted molar refractivity (Wildman–Crippen MR) is 156 cm³/mol. The summed E-state index contributed by atoms with van der Waals surface area (Å²) in [6.07, 6.45) is 5.93.